The van der Waals surface area contributed by atoms with Gasteiger partial charge in [-0.25, -0.2) is 0 Å². The van der Waals surface area contributed by atoms with E-state index < -0.39 is 0 Å². The molecule has 0 aromatic carbocycles. The Hall–Kier alpha value is -1.66. The van der Waals surface area contributed by atoms with E-state index in [0.29, 0.717) is 17.7 Å². The average molecular weight is 410 g/mol. The molecular weight excluding hydrogens is 364 g/mol. The molecule has 0 aliphatic heterocycles. The second-order valence-corrected chi connectivity index (χ2v) is 8.88. The summed E-state index contributed by atoms with van der Waals surface area (Å²) in [5, 5.41) is 5.77. The standard InChI is InChI=1S/C23H44N4O2/c1-20(2)22(28)24-14-12-17-26(5)16-10-8-9-11-18-27(6,7)19-13-15-25-23(29)21(3)4/h1,3,8-19H2,2,4-7H3,(H-,24,25,28,29)/p+1. The smallest absolute Gasteiger partial charge is 0.246 e. The second-order valence-electron chi connectivity index (χ2n) is 8.88. The first-order valence-corrected chi connectivity index (χ1v) is 10.9. The van der Waals surface area contributed by atoms with Crippen LogP contribution in [0.5, 0.6) is 0 Å². The van der Waals surface area contributed by atoms with Crippen LogP contribution < -0.4 is 10.6 Å². The third kappa shape index (κ3) is 15.9. The van der Waals surface area contributed by atoms with E-state index in [-0.39, 0.29) is 11.8 Å². The molecule has 0 radical (unpaired) electrons. The Balaban J connectivity index is 3.64. The van der Waals surface area contributed by atoms with Crippen LogP contribution in [0.2, 0.25) is 0 Å². The SMILES string of the molecule is C=C(C)C(=O)NCCCN(C)CCCCCC[N+](C)(C)CCCNC(=O)C(=C)C. The van der Waals surface area contributed by atoms with Gasteiger partial charge in [-0.15, -0.1) is 0 Å². The molecule has 0 saturated carbocycles. The lowest BCUT2D eigenvalue weighted by Gasteiger charge is -2.30. The summed E-state index contributed by atoms with van der Waals surface area (Å²) in [6.45, 7) is 16.5. The van der Waals surface area contributed by atoms with Gasteiger partial charge in [0.05, 0.1) is 27.2 Å². The maximum Gasteiger partial charge on any atom is 0.246 e. The third-order valence-corrected chi connectivity index (χ3v) is 5.06. The first-order chi connectivity index (χ1) is 13.5. The number of rotatable bonds is 17. The van der Waals surface area contributed by atoms with Crippen LogP contribution in [-0.4, -0.2) is 81.6 Å². The van der Waals surface area contributed by atoms with Crippen molar-refractivity contribution in [3.63, 3.8) is 0 Å². The predicted molar refractivity (Wildman–Crippen MR) is 123 cm³/mol. The number of nitrogens with zero attached hydrogens (tertiary/aromatic N) is 2. The van der Waals surface area contributed by atoms with Gasteiger partial charge in [0.2, 0.25) is 11.8 Å². The summed E-state index contributed by atoms with van der Waals surface area (Å²) in [4.78, 5) is 25.2. The largest absolute Gasteiger partial charge is 0.352 e. The van der Waals surface area contributed by atoms with Crippen molar-refractivity contribution >= 4 is 11.8 Å². The van der Waals surface area contributed by atoms with Gasteiger partial charge in [0, 0.05) is 30.7 Å². The molecular formula is C23H45N4O2+. The number of hydrogen-bond acceptors (Lipinski definition) is 3. The first kappa shape index (κ1) is 27.3. The molecule has 0 aromatic heterocycles. The minimum absolute atomic E-state index is 0.0445. The van der Waals surface area contributed by atoms with E-state index in [1.165, 1.54) is 32.2 Å². The summed E-state index contributed by atoms with van der Waals surface area (Å²) in [6, 6.07) is 0. The fraction of sp³-hybridized carbons (Fsp3) is 0.739. The van der Waals surface area contributed by atoms with E-state index in [0.717, 1.165) is 43.5 Å². The number of carbonyl (C=O) groups is 2. The molecule has 6 nitrogen and oxygen atoms in total. The van der Waals surface area contributed by atoms with Gasteiger partial charge in [-0.3, -0.25) is 9.59 Å². The van der Waals surface area contributed by atoms with Crippen LogP contribution in [0.15, 0.2) is 24.3 Å². The predicted octanol–water partition coefficient (Wildman–Crippen LogP) is 2.72. The number of unbranched alkanes of at least 4 members (excludes halogenated alkanes) is 3. The molecule has 0 aliphatic rings. The summed E-state index contributed by atoms with van der Waals surface area (Å²) in [7, 11) is 6.68. The van der Waals surface area contributed by atoms with E-state index in [1.54, 1.807) is 13.8 Å². The number of nitrogens with one attached hydrogen (secondary N) is 2. The highest BCUT2D eigenvalue weighted by molar-refractivity contribution is 5.92. The van der Waals surface area contributed by atoms with Crippen LogP contribution in [0, 0.1) is 0 Å². The minimum atomic E-state index is -0.0504. The molecule has 0 aromatic rings. The Morgan fingerprint density at radius 1 is 0.759 bits per heavy atom. The molecule has 0 fully saturated rings. The van der Waals surface area contributed by atoms with Crippen molar-refractivity contribution in [1.29, 1.82) is 0 Å². The number of amides is 2. The van der Waals surface area contributed by atoms with E-state index >= 15 is 0 Å². The fourth-order valence-corrected chi connectivity index (χ4v) is 3.06. The van der Waals surface area contributed by atoms with Crippen molar-refractivity contribution < 1.29 is 14.1 Å². The van der Waals surface area contributed by atoms with Gasteiger partial charge in [0.1, 0.15) is 0 Å². The van der Waals surface area contributed by atoms with Crippen molar-refractivity contribution in [1.82, 2.24) is 15.5 Å². The summed E-state index contributed by atoms with van der Waals surface area (Å²) in [5.41, 5.74) is 1.13. The molecule has 168 valence electrons. The minimum Gasteiger partial charge on any atom is -0.352 e. The highest BCUT2D eigenvalue weighted by Crippen LogP contribution is 2.07. The molecule has 0 rings (SSSR count). The topological polar surface area (TPSA) is 61.4 Å². The molecule has 6 heteroatoms. The number of quaternary nitrogens is 1. The van der Waals surface area contributed by atoms with Crippen molar-refractivity contribution in [3.8, 4) is 0 Å². The Labute approximate surface area is 179 Å². The average Bonchev–Trinajstić information content (AvgIpc) is 2.64. The van der Waals surface area contributed by atoms with Crippen LogP contribution in [0.4, 0.5) is 0 Å². The molecule has 0 unspecified atom stereocenters. The van der Waals surface area contributed by atoms with Gasteiger partial charge in [-0.2, -0.15) is 0 Å². The quantitative estimate of drug-likeness (QED) is 0.221. The number of carbonyl (C=O) groups excluding carboxylic acids is 2. The van der Waals surface area contributed by atoms with Gasteiger partial charge in [-0.1, -0.05) is 19.6 Å². The normalized spacial score (nSPS) is 11.4. The van der Waals surface area contributed by atoms with Gasteiger partial charge in [0.25, 0.3) is 0 Å². The monoisotopic (exact) mass is 409 g/mol. The van der Waals surface area contributed by atoms with Crippen molar-refractivity contribution in [2.45, 2.75) is 52.4 Å². The highest BCUT2D eigenvalue weighted by Gasteiger charge is 2.14. The van der Waals surface area contributed by atoms with E-state index in [9.17, 15) is 9.59 Å². The van der Waals surface area contributed by atoms with Crippen molar-refractivity contribution in [2.75, 3.05) is 60.4 Å². The molecule has 0 spiro atoms. The molecule has 0 saturated heterocycles. The summed E-state index contributed by atoms with van der Waals surface area (Å²) in [5.74, 6) is -0.0949. The molecule has 0 aliphatic carbocycles. The zero-order valence-electron chi connectivity index (χ0n) is 19.6. The van der Waals surface area contributed by atoms with E-state index in [2.05, 4.69) is 49.8 Å². The van der Waals surface area contributed by atoms with E-state index in [4.69, 9.17) is 0 Å². The highest BCUT2D eigenvalue weighted by atomic mass is 16.2. The molecule has 0 bridgehead atoms. The summed E-state index contributed by atoms with van der Waals surface area (Å²) in [6.07, 6.45) is 6.93. The lowest BCUT2D eigenvalue weighted by atomic mass is 10.1. The van der Waals surface area contributed by atoms with Gasteiger partial charge in [-0.05, 0) is 59.7 Å². The Bertz CT molecular complexity index is 529. The van der Waals surface area contributed by atoms with Gasteiger partial charge < -0.3 is 20.0 Å². The first-order valence-electron chi connectivity index (χ1n) is 10.9. The molecule has 29 heavy (non-hydrogen) atoms. The Morgan fingerprint density at radius 2 is 1.21 bits per heavy atom. The number of hydrogen-bond donors (Lipinski definition) is 2. The van der Waals surface area contributed by atoms with Gasteiger partial charge >= 0.3 is 0 Å². The van der Waals surface area contributed by atoms with Crippen LogP contribution in [0.3, 0.4) is 0 Å². The molecule has 2 N–H and O–H groups in total. The van der Waals surface area contributed by atoms with Gasteiger partial charge in [0.15, 0.2) is 0 Å². The molecule has 0 heterocycles. The zero-order valence-corrected chi connectivity index (χ0v) is 19.6. The Morgan fingerprint density at radius 3 is 1.76 bits per heavy atom. The summed E-state index contributed by atoms with van der Waals surface area (Å²) < 4.78 is 0.999. The molecule has 2 amide bonds. The van der Waals surface area contributed by atoms with Crippen LogP contribution in [0.1, 0.15) is 52.4 Å². The third-order valence-electron chi connectivity index (χ3n) is 5.06. The maximum absolute atomic E-state index is 11.5. The van der Waals surface area contributed by atoms with Crippen LogP contribution in [-0.2, 0) is 9.59 Å². The van der Waals surface area contributed by atoms with Crippen molar-refractivity contribution in [2.24, 2.45) is 0 Å². The maximum atomic E-state index is 11.5. The second kappa shape index (κ2) is 15.2. The summed E-state index contributed by atoms with van der Waals surface area (Å²) >= 11 is 0. The lowest BCUT2D eigenvalue weighted by Crippen LogP contribution is -2.42. The Kier molecular flexibility index (Phi) is 14.3. The van der Waals surface area contributed by atoms with E-state index in [1.807, 2.05) is 0 Å². The lowest BCUT2D eigenvalue weighted by molar-refractivity contribution is -0.890. The molecule has 0 atom stereocenters. The fourth-order valence-electron chi connectivity index (χ4n) is 3.06. The van der Waals surface area contributed by atoms with Crippen molar-refractivity contribution in [3.05, 3.63) is 24.3 Å². The zero-order chi connectivity index (χ0) is 22.3. The van der Waals surface area contributed by atoms with Crippen LogP contribution >= 0.6 is 0 Å². The van der Waals surface area contributed by atoms with Crippen LogP contribution in [0.25, 0.3) is 0 Å².